The molecule has 0 aliphatic heterocycles. The van der Waals surface area contributed by atoms with Crippen LogP contribution in [0.4, 0.5) is 0 Å². The van der Waals surface area contributed by atoms with Crippen molar-refractivity contribution in [3.63, 3.8) is 0 Å². The Bertz CT molecular complexity index is 202. The first-order valence-electron chi connectivity index (χ1n) is 2.25. The minimum Gasteiger partial charge on any atom is -0.236 e. The van der Waals surface area contributed by atoms with Crippen molar-refractivity contribution in [2.45, 2.75) is 6.92 Å². The first-order chi connectivity index (χ1) is 3.93. The number of nitrogens with zero attached hydrogens (tertiary/aromatic N) is 1. The van der Waals surface area contributed by atoms with Crippen molar-refractivity contribution in [1.29, 1.82) is 0 Å². The Labute approximate surface area is 52.4 Å². The highest BCUT2D eigenvalue weighted by molar-refractivity contribution is 7.10. The first-order valence-corrected chi connectivity index (χ1v) is 3.13. The van der Waals surface area contributed by atoms with E-state index in [-0.39, 0.29) is 0 Å². The van der Waals surface area contributed by atoms with Crippen LogP contribution in [-0.2, 0) is 0 Å². The largest absolute Gasteiger partial charge is 0.236 e. The molecule has 0 unspecified atom stereocenters. The van der Waals surface area contributed by atoms with Crippen LogP contribution in [0.15, 0.2) is 11.6 Å². The maximum Gasteiger partial charge on any atom is 0.166 e. The van der Waals surface area contributed by atoms with Crippen molar-refractivity contribution < 1.29 is 0 Å². The van der Waals surface area contributed by atoms with Gasteiger partial charge in [0, 0.05) is 11.6 Å². The fraction of sp³-hybridized carbons (Fsp3) is 0.167. The number of aromatic nitrogens is 1. The number of rotatable bonds is 0. The molecule has 0 N–H and O–H groups in total. The third-order valence-electron chi connectivity index (χ3n) is 0.664. The molecule has 0 spiro atoms. The summed E-state index contributed by atoms with van der Waals surface area (Å²) in [5, 5.41) is 2.81. The molecular weight excluding hydrogens is 118 g/mol. The quantitative estimate of drug-likeness (QED) is 0.476. The third kappa shape index (κ3) is 1.08. The van der Waals surface area contributed by atoms with Gasteiger partial charge >= 0.3 is 0 Å². The molecule has 0 bridgehead atoms. The third-order valence-corrected chi connectivity index (χ3v) is 1.35. The van der Waals surface area contributed by atoms with Crippen molar-refractivity contribution in [2.24, 2.45) is 0 Å². The van der Waals surface area contributed by atoms with Gasteiger partial charge in [-0.2, -0.15) is 0 Å². The van der Waals surface area contributed by atoms with Crippen LogP contribution in [0.2, 0.25) is 0 Å². The standard InChI is InChI=1S/C6H5NS/c1-2-3-6-7-4-5-8-6/h4-5H,1H3. The molecule has 0 aliphatic rings. The first kappa shape index (κ1) is 5.33. The minimum atomic E-state index is 0.896. The topological polar surface area (TPSA) is 12.9 Å². The molecule has 1 aromatic heterocycles. The van der Waals surface area contributed by atoms with Crippen LogP contribution in [0.1, 0.15) is 11.9 Å². The lowest BCUT2D eigenvalue weighted by Crippen LogP contribution is -1.63. The van der Waals surface area contributed by atoms with Gasteiger partial charge in [-0.3, -0.25) is 0 Å². The van der Waals surface area contributed by atoms with E-state index in [9.17, 15) is 0 Å². The summed E-state index contributed by atoms with van der Waals surface area (Å²) < 4.78 is 0. The van der Waals surface area contributed by atoms with Crippen LogP contribution < -0.4 is 0 Å². The van der Waals surface area contributed by atoms with Crippen molar-refractivity contribution in [3.8, 4) is 11.8 Å². The van der Waals surface area contributed by atoms with E-state index in [2.05, 4.69) is 16.8 Å². The molecule has 0 aliphatic carbocycles. The van der Waals surface area contributed by atoms with Crippen molar-refractivity contribution in [1.82, 2.24) is 4.98 Å². The van der Waals surface area contributed by atoms with Crippen LogP contribution in [0, 0.1) is 11.8 Å². The second-order valence-electron chi connectivity index (χ2n) is 1.21. The van der Waals surface area contributed by atoms with Gasteiger partial charge in [0.25, 0.3) is 0 Å². The molecule has 1 nitrogen and oxygen atoms in total. The number of thiazole rings is 1. The second-order valence-corrected chi connectivity index (χ2v) is 2.11. The minimum absolute atomic E-state index is 0.896. The SMILES string of the molecule is CC#Cc1nccs1. The fourth-order valence-corrected chi connectivity index (χ4v) is 0.925. The van der Waals surface area contributed by atoms with Crippen LogP contribution in [0.5, 0.6) is 0 Å². The smallest absolute Gasteiger partial charge is 0.166 e. The average molecular weight is 123 g/mol. The van der Waals surface area contributed by atoms with E-state index < -0.39 is 0 Å². The Kier molecular flexibility index (Phi) is 1.66. The summed E-state index contributed by atoms with van der Waals surface area (Å²) in [6.45, 7) is 1.81. The molecule has 1 rings (SSSR count). The number of hydrogen-bond acceptors (Lipinski definition) is 2. The van der Waals surface area contributed by atoms with Crippen molar-refractivity contribution >= 4 is 11.3 Å². The Morgan fingerprint density at radius 2 is 2.62 bits per heavy atom. The molecule has 40 valence electrons. The maximum atomic E-state index is 3.95. The van der Waals surface area contributed by atoms with Crippen LogP contribution in [0.25, 0.3) is 0 Å². The zero-order chi connectivity index (χ0) is 5.82. The highest BCUT2D eigenvalue weighted by atomic mass is 32.1. The van der Waals surface area contributed by atoms with Crippen LogP contribution in [-0.4, -0.2) is 4.98 Å². The molecule has 0 radical (unpaired) electrons. The number of hydrogen-bond donors (Lipinski definition) is 0. The van der Waals surface area contributed by atoms with E-state index in [1.165, 1.54) is 0 Å². The summed E-state index contributed by atoms with van der Waals surface area (Å²) in [6.07, 6.45) is 1.75. The van der Waals surface area contributed by atoms with Gasteiger partial charge in [0.1, 0.15) is 0 Å². The summed E-state index contributed by atoms with van der Waals surface area (Å²) in [5.41, 5.74) is 0. The Morgan fingerprint density at radius 3 is 3.12 bits per heavy atom. The monoisotopic (exact) mass is 123 g/mol. The summed E-state index contributed by atoms with van der Waals surface area (Å²) in [6, 6.07) is 0. The fourth-order valence-electron chi connectivity index (χ4n) is 0.392. The van der Waals surface area contributed by atoms with Gasteiger partial charge in [0.15, 0.2) is 5.01 Å². The van der Waals surface area contributed by atoms with Crippen LogP contribution >= 0.6 is 11.3 Å². The maximum absolute atomic E-state index is 3.95. The van der Waals surface area contributed by atoms with Gasteiger partial charge in [0.05, 0.1) is 0 Å². The molecule has 0 aromatic carbocycles. The van der Waals surface area contributed by atoms with Crippen molar-refractivity contribution in [2.75, 3.05) is 0 Å². The molecule has 0 saturated carbocycles. The lowest BCUT2D eigenvalue weighted by molar-refractivity contribution is 1.39. The van der Waals surface area contributed by atoms with Crippen molar-refractivity contribution in [3.05, 3.63) is 16.6 Å². The van der Waals surface area contributed by atoms with Gasteiger partial charge in [-0.25, -0.2) is 4.98 Å². The summed E-state index contributed by atoms with van der Waals surface area (Å²) in [7, 11) is 0. The summed E-state index contributed by atoms with van der Waals surface area (Å²) in [4.78, 5) is 3.95. The van der Waals surface area contributed by atoms with E-state index in [0.717, 1.165) is 5.01 Å². The second kappa shape index (κ2) is 2.49. The Hall–Kier alpha value is -0.810. The van der Waals surface area contributed by atoms with Gasteiger partial charge in [0.2, 0.25) is 0 Å². The molecule has 0 saturated heterocycles. The molecular formula is C6H5NS. The molecule has 0 fully saturated rings. The zero-order valence-electron chi connectivity index (χ0n) is 4.51. The Morgan fingerprint density at radius 1 is 1.75 bits per heavy atom. The summed E-state index contributed by atoms with van der Waals surface area (Å²) >= 11 is 1.56. The predicted octanol–water partition coefficient (Wildman–Crippen LogP) is 1.51. The average Bonchev–Trinajstić information content (AvgIpc) is 2.19. The van der Waals surface area contributed by atoms with Gasteiger partial charge < -0.3 is 0 Å². The molecule has 2 heteroatoms. The zero-order valence-corrected chi connectivity index (χ0v) is 5.33. The van der Waals surface area contributed by atoms with Gasteiger partial charge in [-0.05, 0) is 12.8 Å². The van der Waals surface area contributed by atoms with E-state index in [4.69, 9.17) is 0 Å². The van der Waals surface area contributed by atoms with Crippen LogP contribution in [0.3, 0.4) is 0 Å². The van der Waals surface area contributed by atoms with E-state index in [0.29, 0.717) is 0 Å². The van der Waals surface area contributed by atoms with E-state index in [1.807, 2.05) is 5.38 Å². The molecule has 8 heavy (non-hydrogen) atoms. The highest BCUT2D eigenvalue weighted by Gasteiger charge is 1.82. The normalized spacial score (nSPS) is 7.62. The van der Waals surface area contributed by atoms with E-state index in [1.54, 1.807) is 24.5 Å². The molecule has 1 heterocycles. The lowest BCUT2D eigenvalue weighted by Gasteiger charge is -1.68. The molecule has 0 atom stereocenters. The van der Waals surface area contributed by atoms with E-state index >= 15 is 0 Å². The van der Waals surface area contributed by atoms with Gasteiger partial charge in [-0.15, -0.1) is 11.3 Å². The molecule has 1 aromatic rings. The Balaban J connectivity index is 2.88. The predicted molar refractivity (Wildman–Crippen MR) is 34.7 cm³/mol. The van der Waals surface area contributed by atoms with Gasteiger partial charge in [-0.1, -0.05) is 5.92 Å². The summed E-state index contributed by atoms with van der Waals surface area (Å²) in [5.74, 6) is 5.61. The highest BCUT2D eigenvalue weighted by Crippen LogP contribution is 1.99. The lowest BCUT2D eigenvalue weighted by atomic mass is 10.6. The molecule has 0 amide bonds.